The van der Waals surface area contributed by atoms with Crippen LogP contribution in [-0.2, 0) is 14.3 Å². The molecule has 0 aliphatic carbocycles. The number of thiophene rings is 1. The van der Waals surface area contributed by atoms with Gasteiger partial charge in [0.25, 0.3) is 5.91 Å². The summed E-state index contributed by atoms with van der Waals surface area (Å²) in [4.78, 5) is 29.7. The van der Waals surface area contributed by atoms with Gasteiger partial charge < -0.3 is 4.74 Å². The third-order valence-corrected chi connectivity index (χ3v) is 3.72. The maximum atomic E-state index is 12.3. The Labute approximate surface area is 115 Å². The number of hydrogen-bond acceptors (Lipinski definition) is 5. The molecule has 0 spiro atoms. The average Bonchev–Trinajstić information content (AvgIpc) is 2.96. The van der Waals surface area contributed by atoms with Crippen molar-refractivity contribution in [1.82, 2.24) is 4.90 Å². The zero-order chi connectivity index (χ0) is 14.0. The van der Waals surface area contributed by atoms with Crippen LogP contribution in [0, 0.1) is 0 Å². The molecule has 0 radical (unpaired) electrons. The summed E-state index contributed by atoms with van der Waals surface area (Å²) in [5.74, 6) is -0.349. The summed E-state index contributed by atoms with van der Waals surface area (Å²) in [6.07, 6.45) is 1.48. The zero-order valence-electron chi connectivity index (χ0n) is 10.7. The molecule has 2 unspecified atom stereocenters. The van der Waals surface area contributed by atoms with Gasteiger partial charge in [0.15, 0.2) is 6.04 Å². The number of aliphatic imine (C=N–C) groups is 1. The predicted octanol–water partition coefficient (Wildman–Crippen LogP) is 2.12. The lowest BCUT2D eigenvalue weighted by Gasteiger charge is -2.23. The summed E-state index contributed by atoms with van der Waals surface area (Å²) in [5.41, 5.74) is 0. The first-order valence-electron chi connectivity index (χ1n) is 5.76. The third kappa shape index (κ3) is 2.73. The molecule has 0 saturated carbocycles. The SMILES string of the molecule is C=C(OC(C)=O)C(C)N1C=NC(c2cccs2)C1=O. The van der Waals surface area contributed by atoms with Crippen molar-refractivity contribution in [3.63, 3.8) is 0 Å². The third-order valence-electron chi connectivity index (χ3n) is 2.80. The highest BCUT2D eigenvalue weighted by atomic mass is 32.1. The molecule has 0 saturated heterocycles. The first-order valence-corrected chi connectivity index (χ1v) is 6.64. The second-order valence-electron chi connectivity index (χ2n) is 4.16. The van der Waals surface area contributed by atoms with Gasteiger partial charge in [0.2, 0.25) is 0 Å². The minimum atomic E-state index is -0.493. The monoisotopic (exact) mass is 278 g/mol. The molecule has 0 N–H and O–H groups in total. The maximum absolute atomic E-state index is 12.3. The molecule has 1 aromatic rings. The normalized spacial score (nSPS) is 19.6. The van der Waals surface area contributed by atoms with Gasteiger partial charge in [-0.05, 0) is 18.4 Å². The van der Waals surface area contributed by atoms with Crippen molar-refractivity contribution in [2.45, 2.75) is 25.9 Å². The van der Waals surface area contributed by atoms with Crippen LogP contribution in [0.15, 0.2) is 34.8 Å². The molecule has 0 aromatic carbocycles. The summed E-state index contributed by atoms with van der Waals surface area (Å²) >= 11 is 1.49. The van der Waals surface area contributed by atoms with Gasteiger partial charge in [-0.3, -0.25) is 19.5 Å². The molecule has 1 aliphatic heterocycles. The number of carbonyl (C=O) groups excluding carboxylic acids is 2. The van der Waals surface area contributed by atoms with Crippen LogP contribution in [0.4, 0.5) is 0 Å². The maximum Gasteiger partial charge on any atom is 0.307 e. The van der Waals surface area contributed by atoms with Gasteiger partial charge in [-0.15, -0.1) is 11.3 Å². The molecule has 1 amide bonds. The summed E-state index contributed by atoms with van der Waals surface area (Å²) in [7, 11) is 0. The molecular formula is C13H14N2O3S. The van der Waals surface area contributed by atoms with E-state index < -0.39 is 18.1 Å². The van der Waals surface area contributed by atoms with E-state index in [4.69, 9.17) is 4.74 Å². The van der Waals surface area contributed by atoms with E-state index >= 15 is 0 Å². The van der Waals surface area contributed by atoms with E-state index in [-0.39, 0.29) is 11.7 Å². The standard InChI is InChI=1S/C13H14N2O3S/c1-8(9(2)18-10(3)16)15-7-14-12(13(15)17)11-5-4-6-19-11/h4-8,12H,2H2,1,3H3. The van der Waals surface area contributed by atoms with Gasteiger partial charge in [0.1, 0.15) is 5.76 Å². The fourth-order valence-electron chi connectivity index (χ4n) is 1.76. The Morgan fingerprint density at radius 2 is 2.37 bits per heavy atom. The Bertz CT molecular complexity index is 536. The Morgan fingerprint density at radius 3 is 2.95 bits per heavy atom. The first-order chi connectivity index (χ1) is 9.00. The highest BCUT2D eigenvalue weighted by Gasteiger charge is 2.34. The lowest BCUT2D eigenvalue weighted by atomic mass is 10.2. The molecule has 19 heavy (non-hydrogen) atoms. The molecule has 6 heteroatoms. The van der Waals surface area contributed by atoms with E-state index in [1.807, 2.05) is 17.5 Å². The number of carbonyl (C=O) groups is 2. The van der Waals surface area contributed by atoms with Crippen LogP contribution in [-0.4, -0.2) is 29.2 Å². The fraction of sp³-hybridized carbons (Fsp3) is 0.308. The van der Waals surface area contributed by atoms with Crippen LogP contribution in [0.2, 0.25) is 0 Å². The van der Waals surface area contributed by atoms with E-state index in [2.05, 4.69) is 11.6 Å². The quantitative estimate of drug-likeness (QED) is 0.626. The van der Waals surface area contributed by atoms with E-state index in [9.17, 15) is 9.59 Å². The number of amides is 1. The van der Waals surface area contributed by atoms with Crippen LogP contribution in [0.3, 0.4) is 0 Å². The molecular weight excluding hydrogens is 264 g/mol. The molecule has 0 bridgehead atoms. The van der Waals surface area contributed by atoms with Crippen molar-refractivity contribution < 1.29 is 14.3 Å². The van der Waals surface area contributed by atoms with Crippen molar-refractivity contribution >= 4 is 29.6 Å². The topological polar surface area (TPSA) is 59.0 Å². The molecule has 1 aliphatic rings. The van der Waals surface area contributed by atoms with E-state index in [0.29, 0.717) is 0 Å². The van der Waals surface area contributed by atoms with Gasteiger partial charge in [-0.1, -0.05) is 12.6 Å². The molecule has 1 aromatic heterocycles. The van der Waals surface area contributed by atoms with Gasteiger partial charge >= 0.3 is 5.97 Å². The predicted molar refractivity (Wildman–Crippen MR) is 72.8 cm³/mol. The molecule has 5 nitrogen and oxygen atoms in total. The number of rotatable bonds is 4. The number of nitrogens with zero attached hydrogens (tertiary/aromatic N) is 2. The van der Waals surface area contributed by atoms with Crippen molar-refractivity contribution in [3.05, 3.63) is 34.7 Å². The molecule has 2 rings (SSSR count). The van der Waals surface area contributed by atoms with Gasteiger partial charge in [0, 0.05) is 11.8 Å². The number of esters is 1. The number of ether oxygens (including phenoxy) is 1. The summed E-state index contributed by atoms with van der Waals surface area (Å²) < 4.78 is 4.91. The second kappa shape index (κ2) is 5.36. The largest absolute Gasteiger partial charge is 0.430 e. The Kier molecular flexibility index (Phi) is 3.80. The lowest BCUT2D eigenvalue weighted by Crippen LogP contribution is -2.37. The van der Waals surface area contributed by atoms with Crippen LogP contribution in [0.25, 0.3) is 0 Å². The van der Waals surface area contributed by atoms with Crippen LogP contribution >= 0.6 is 11.3 Å². The highest BCUT2D eigenvalue weighted by molar-refractivity contribution is 7.10. The molecule has 2 atom stereocenters. The number of hydrogen-bond donors (Lipinski definition) is 0. The van der Waals surface area contributed by atoms with E-state index in [1.165, 1.54) is 29.5 Å². The second-order valence-corrected chi connectivity index (χ2v) is 5.14. The van der Waals surface area contributed by atoms with Crippen LogP contribution in [0.5, 0.6) is 0 Å². The Balaban J connectivity index is 2.08. The first kappa shape index (κ1) is 13.5. The van der Waals surface area contributed by atoms with Crippen LogP contribution < -0.4 is 0 Å². The van der Waals surface area contributed by atoms with E-state index in [1.54, 1.807) is 6.92 Å². The van der Waals surface area contributed by atoms with Crippen molar-refractivity contribution in [2.24, 2.45) is 4.99 Å². The molecule has 0 fully saturated rings. The highest BCUT2D eigenvalue weighted by Crippen LogP contribution is 2.29. The van der Waals surface area contributed by atoms with Crippen LogP contribution in [0.1, 0.15) is 24.8 Å². The summed E-state index contributed by atoms with van der Waals surface area (Å²) in [5, 5.41) is 1.90. The van der Waals surface area contributed by atoms with Crippen molar-refractivity contribution in [2.75, 3.05) is 0 Å². The zero-order valence-corrected chi connectivity index (χ0v) is 11.5. The molecule has 100 valence electrons. The van der Waals surface area contributed by atoms with Gasteiger partial charge in [0.05, 0.1) is 12.4 Å². The minimum Gasteiger partial charge on any atom is -0.430 e. The fourth-order valence-corrected chi connectivity index (χ4v) is 2.52. The Hall–Kier alpha value is -1.95. The Morgan fingerprint density at radius 1 is 1.63 bits per heavy atom. The van der Waals surface area contributed by atoms with E-state index in [0.717, 1.165) is 4.88 Å². The van der Waals surface area contributed by atoms with Crippen molar-refractivity contribution in [3.8, 4) is 0 Å². The minimum absolute atomic E-state index is 0.136. The average molecular weight is 278 g/mol. The summed E-state index contributed by atoms with van der Waals surface area (Å²) in [6.45, 7) is 6.71. The van der Waals surface area contributed by atoms with Gasteiger partial charge in [-0.25, -0.2) is 0 Å². The van der Waals surface area contributed by atoms with Crippen molar-refractivity contribution in [1.29, 1.82) is 0 Å². The molecule has 2 heterocycles. The smallest absolute Gasteiger partial charge is 0.307 e. The van der Waals surface area contributed by atoms with Gasteiger partial charge in [-0.2, -0.15) is 0 Å². The lowest BCUT2D eigenvalue weighted by molar-refractivity contribution is -0.139. The summed E-state index contributed by atoms with van der Waals surface area (Å²) in [6, 6.07) is 2.84.